The number of hydrogen-bond donors (Lipinski definition) is 0. The number of ether oxygens (including phenoxy) is 1. The first-order valence-corrected chi connectivity index (χ1v) is 17.4. The van der Waals surface area contributed by atoms with E-state index in [4.69, 9.17) is 14.7 Å². The van der Waals surface area contributed by atoms with Crippen molar-refractivity contribution in [2.24, 2.45) is 0 Å². The minimum absolute atomic E-state index is 0.495. The van der Waals surface area contributed by atoms with Crippen molar-refractivity contribution in [3.05, 3.63) is 180 Å². The zero-order valence-electron chi connectivity index (χ0n) is 26.2. The van der Waals surface area contributed by atoms with Gasteiger partial charge in [-0.25, -0.2) is 9.97 Å². The number of thiophene rings is 1. The van der Waals surface area contributed by atoms with Gasteiger partial charge in [-0.3, -0.25) is 0 Å². The molecule has 4 heteroatoms. The summed E-state index contributed by atoms with van der Waals surface area (Å²) in [5.74, 6) is 2.54. The molecule has 0 saturated carbocycles. The van der Waals surface area contributed by atoms with Gasteiger partial charge in [0.2, 0.25) is 0 Å². The van der Waals surface area contributed by atoms with Crippen LogP contribution in [0.1, 0.15) is 22.3 Å². The number of aromatic nitrogens is 2. The molecular weight excluding hydrogens is 617 g/mol. The molecule has 0 radical (unpaired) electrons. The highest BCUT2D eigenvalue weighted by atomic mass is 32.1. The van der Waals surface area contributed by atoms with E-state index in [1.54, 1.807) is 11.3 Å². The third kappa shape index (κ3) is 3.67. The summed E-state index contributed by atoms with van der Waals surface area (Å²) in [6.07, 6.45) is 0. The van der Waals surface area contributed by atoms with Crippen LogP contribution in [0, 0.1) is 0 Å². The fourth-order valence-electron chi connectivity index (χ4n) is 8.25. The molecule has 9 aromatic rings. The number of hydrogen-bond acceptors (Lipinski definition) is 4. The summed E-state index contributed by atoms with van der Waals surface area (Å²) in [5, 5.41) is 3.54. The predicted molar refractivity (Wildman–Crippen MR) is 201 cm³/mol. The third-order valence-electron chi connectivity index (χ3n) is 10.3. The van der Waals surface area contributed by atoms with E-state index in [1.807, 2.05) is 0 Å². The smallest absolute Gasteiger partial charge is 0.160 e. The Morgan fingerprint density at radius 1 is 0.490 bits per heavy atom. The van der Waals surface area contributed by atoms with Gasteiger partial charge in [0.05, 0.1) is 21.3 Å². The van der Waals surface area contributed by atoms with Crippen LogP contribution in [0.5, 0.6) is 11.5 Å². The zero-order valence-corrected chi connectivity index (χ0v) is 27.0. The number of fused-ring (bicyclic) bond motifs is 13. The molecule has 2 aromatic heterocycles. The monoisotopic (exact) mass is 642 g/mol. The number of benzene rings is 7. The number of nitrogens with zero attached hydrogens (tertiary/aromatic N) is 2. The summed E-state index contributed by atoms with van der Waals surface area (Å²) in [5.41, 5.74) is 10.9. The van der Waals surface area contributed by atoms with Crippen LogP contribution in [0.15, 0.2) is 158 Å². The van der Waals surface area contributed by atoms with Gasteiger partial charge in [-0.05, 0) is 63.4 Å². The molecule has 0 N–H and O–H groups in total. The minimum atomic E-state index is -0.495. The van der Waals surface area contributed by atoms with Crippen molar-refractivity contribution < 1.29 is 4.74 Å². The predicted octanol–water partition coefficient (Wildman–Crippen LogP) is 11.8. The van der Waals surface area contributed by atoms with Crippen molar-refractivity contribution in [2.75, 3.05) is 0 Å². The van der Waals surface area contributed by atoms with Gasteiger partial charge in [0, 0.05) is 32.3 Å². The van der Waals surface area contributed by atoms with Crippen molar-refractivity contribution in [2.45, 2.75) is 5.41 Å². The molecule has 228 valence electrons. The van der Waals surface area contributed by atoms with E-state index >= 15 is 0 Å². The molecule has 1 aliphatic carbocycles. The van der Waals surface area contributed by atoms with Gasteiger partial charge in [-0.1, -0.05) is 127 Å². The van der Waals surface area contributed by atoms with Crippen molar-refractivity contribution >= 4 is 42.4 Å². The van der Waals surface area contributed by atoms with Crippen LogP contribution < -0.4 is 4.74 Å². The van der Waals surface area contributed by atoms with Crippen molar-refractivity contribution in [1.29, 1.82) is 0 Å². The molecule has 0 atom stereocenters. The Morgan fingerprint density at radius 3 is 1.98 bits per heavy atom. The quantitative estimate of drug-likeness (QED) is 0.188. The lowest BCUT2D eigenvalue weighted by Crippen LogP contribution is -2.32. The van der Waals surface area contributed by atoms with Gasteiger partial charge in [-0.15, -0.1) is 11.3 Å². The van der Waals surface area contributed by atoms with E-state index in [0.29, 0.717) is 0 Å². The lowest BCUT2D eigenvalue weighted by molar-refractivity contribution is 0.436. The largest absolute Gasteiger partial charge is 0.457 e. The summed E-state index contributed by atoms with van der Waals surface area (Å²) < 4.78 is 8.85. The van der Waals surface area contributed by atoms with Crippen molar-refractivity contribution in [3.8, 4) is 45.3 Å². The Labute approximate surface area is 286 Å². The third-order valence-corrected chi connectivity index (χ3v) is 11.5. The lowest BCUT2D eigenvalue weighted by atomic mass is 9.66. The Balaban J connectivity index is 1.20. The molecule has 0 bridgehead atoms. The van der Waals surface area contributed by atoms with Crippen LogP contribution in [-0.2, 0) is 5.41 Å². The molecule has 1 spiro atoms. The summed E-state index contributed by atoms with van der Waals surface area (Å²) in [6.45, 7) is 0. The van der Waals surface area contributed by atoms with E-state index in [-0.39, 0.29) is 0 Å². The molecular formula is C45H26N2OS. The summed E-state index contributed by atoms with van der Waals surface area (Å²) in [6, 6.07) is 56.4. The van der Waals surface area contributed by atoms with Crippen LogP contribution in [0.3, 0.4) is 0 Å². The molecule has 11 rings (SSSR count). The molecule has 0 amide bonds. The van der Waals surface area contributed by atoms with Crippen molar-refractivity contribution in [1.82, 2.24) is 9.97 Å². The molecule has 0 unspecified atom stereocenters. The Hall–Kier alpha value is -6.10. The summed E-state index contributed by atoms with van der Waals surface area (Å²) in [7, 11) is 0. The Morgan fingerprint density at radius 2 is 1.14 bits per heavy atom. The maximum atomic E-state index is 6.53. The second-order valence-electron chi connectivity index (χ2n) is 12.9. The first-order valence-electron chi connectivity index (χ1n) is 16.6. The molecule has 49 heavy (non-hydrogen) atoms. The molecule has 2 aliphatic rings. The zero-order chi connectivity index (χ0) is 32.1. The van der Waals surface area contributed by atoms with Gasteiger partial charge in [0.15, 0.2) is 5.82 Å². The van der Waals surface area contributed by atoms with Gasteiger partial charge < -0.3 is 4.74 Å². The molecule has 0 fully saturated rings. The maximum absolute atomic E-state index is 6.53. The van der Waals surface area contributed by atoms with E-state index in [2.05, 4.69) is 158 Å². The first-order chi connectivity index (χ1) is 24.3. The van der Waals surface area contributed by atoms with Crippen LogP contribution >= 0.6 is 11.3 Å². The maximum Gasteiger partial charge on any atom is 0.160 e. The number of rotatable bonds is 2. The fraction of sp³-hybridized carbons (Fsp3) is 0.0222. The van der Waals surface area contributed by atoms with E-state index < -0.39 is 5.41 Å². The normalized spacial score (nSPS) is 13.6. The second-order valence-corrected chi connectivity index (χ2v) is 13.9. The van der Waals surface area contributed by atoms with Gasteiger partial charge >= 0.3 is 0 Å². The van der Waals surface area contributed by atoms with E-state index in [9.17, 15) is 0 Å². The highest BCUT2D eigenvalue weighted by Gasteiger charge is 2.51. The average Bonchev–Trinajstić information content (AvgIpc) is 3.68. The summed E-state index contributed by atoms with van der Waals surface area (Å²) in [4.78, 5) is 10.6. The highest BCUT2D eigenvalue weighted by molar-refractivity contribution is 7.26. The van der Waals surface area contributed by atoms with Gasteiger partial charge in [0.25, 0.3) is 0 Å². The lowest BCUT2D eigenvalue weighted by Gasteiger charge is -2.39. The minimum Gasteiger partial charge on any atom is -0.457 e. The Kier molecular flexibility index (Phi) is 5.47. The van der Waals surface area contributed by atoms with Gasteiger partial charge in [0.1, 0.15) is 11.5 Å². The van der Waals surface area contributed by atoms with Gasteiger partial charge in [-0.2, -0.15) is 0 Å². The molecule has 1 aliphatic heterocycles. The Bertz CT molecular complexity index is 2790. The molecule has 3 heterocycles. The van der Waals surface area contributed by atoms with Crippen molar-refractivity contribution in [3.63, 3.8) is 0 Å². The van der Waals surface area contributed by atoms with Crippen LogP contribution in [0.2, 0.25) is 0 Å². The van der Waals surface area contributed by atoms with Crippen LogP contribution in [0.25, 0.3) is 64.8 Å². The molecule has 3 nitrogen and oxygen atoms in total. The number of para-hydroxylation sites is 2. The topological polar surface area (TPSA) is 35.0 Å². The van der Waals surface area contributed by atoms with Crippen LogP contribution in [0.4, 0.5) is 0 Å². The first kappa shape index (κ1) is 26.9. The van der Waals surface area contributed by atoms with Crippen LogP contribution in [-0.4, -0.2) is 9.97 Å². The van der Waals surface area contributed by atoms with E-state index in [1.165, 1.54) is 48.9 Å². The summed E-state index contributed by atoms with van der Waals surface area (Å²) >= 11 is 1.77. The average molecular weight is 643 g/mol. The fourth-order valence-corrected chi connectivity index (χ4v) is 9.40. The molecule has 7 aromatic carbocycles. The standard InChI is InChI=1S/C45H26N2OS/c1-2-12-28-25-30(22-21-27(28)11-1)44-46-41(43-42(47-44)32-14-4-10-20-40(32)49-43)29-23-24-35-33(26-29)31-13-3-5-15-34(31)45(35)36-16-6-8-18-38(36)48-39-19-9-7-17-37(39)45/h1-26H. The van der Waals surface area contributed by atoms with E-state index in [0.717, 1.165) is 49.7 Å². The highest BCUT2D eigenvalue weighted by Crippen LogP contribution is 2.62. The molecule has 0 saturated heterocycles. The SMILES string of the molecule is c1ccc2c(c1)Oc1ccccc1C21c2ccccc2-c2cc(-c3nc(-c4ccc5ccccc5c4)nc4c3sc3ccccc34)ccc21. The second kappa shape index (κ2) is 9.96.